The second kappa shape index (κ2) is 9.71. The molecule has 2 aromatic carbocycles. The summed E-state index contributed by atoms with van der Waals surface area (Å²) in [6.07, 6.45) is 1.59. The van der Waals surface area contributed by atoms with E-state index in [1.807, 2.05) is 13.0 Å². The van der Waals surface area contributed by atoms with Gasteiger partial charge in [0.1, 0.15) is 17.7 Å². The number of carboxylic acid groups (broad SMARTS) is 1. The Balaban J connectivity index is 1.32. The molecule has 2 aliphatic rings. The van der Waals surface area contributed by atoms with E-state index in [0.29, 0.717) is 45.9 Å². The number of hydrogen-bond donors (Lipinski definition) is 2. The number of aromatic nitrogens is 2. The molecule has 3 aromatic rings. The molecule has 10 heteroatoms. The van der Waals surface area contributed by atoms with Gasteiger partial charge in [-0.05, 0) is 48.9 Å². The van der Waals surface area contributed by atoms with Crippen molar-refractivity contribution in [2.24, 2.45) is 13.0 Å². The van der Waals surface area contributed by atoms with Crippen LogP contribution < -0.4 is 5.32 Å². The second-order valence-corrected chi connectivity index (χ2v) is 10.9. The zero-order chi connectivity index (χ0) is 27.2. The molecule has 1 aliphatic carbocycles. The Morgan fingerprint density at radius 3 is 2.76 bits per heavy atom. The monoisotopic (exact) mass is 541 g/mol. The van der Waals surface area contributed by atoms with Gasteiger partial charge in [-0.3, -0.25) is 14.8 Å². The van der Waals surface area contributed by atoms with E-state index in [1.165, 1.54) is 10.7 Å². The normalized spacial score (nSPS) is 24.8. The first-order valence-corrected chi connectivity index (χ1v) is 12.8. The number of aliphatic carboxylic acids is 1. The number of carbonyl (C=O) groups excluding carboxylic acids is 1. The molecule has 1 saturated carbocycles. The van der Waals surface area contributed by atoms with Gasteiger partial charge in [0.05, 0.1) is 24.8 Å². The Bertz CT molecular complexity index is 1410. The highest BCUT2D eigenvalue weighted by Gasteiger charge is 2.62. The zero-order valence-electron chi connectivity index (χ0n) is 21.3. The first-order valence-electron chi connectivity index (χ1n) is 12.4. The van der Waals surface area contributed by atoms with Gasteiger partial charge in [0.25, 0.3) is 0 Å². The topological polar surface area (TPSA) is 103 Å². The third-order valence-corrected chi connectivity index (χ3v) is 8.06. The van der Waals surface area contributed by atoms with Crippen molar-refractivity contribution >= 4 is 29.5 Å². The third kappa shape index (κ3) is 4.88. The van der Waals surface area contributed by atoms with E-state index in [1.54, 1.807) is 50.5 Å². The van der Waals surface area contributed by atoms with Gasteiger partial charge in [0.2, 0.25) is 0 Å². The predicted octanol–water partition coefficient (Wildman–Crippen LogP) is 6.10. The van der Waals surface area contributed by atoms with Crippen LogP contribution in [0.5, 0.6) is 0 Å². The average molecular weight is 542 g/mol. The minimum Gasteiger partial charge on any atom is -0.481 e. The number of carbonyl (C=O) groups is 2. The molecule has 0 spiro atoms. The van der Waals surface area contributed by atoms with Crippen LogP contribution in [-0.2, 0) is 26.7 Å². The summed E-state index contributed by atoms with van der Waals surface area (Å²) < 4.78 is 28.5. The number of amides is 1. The van der Waals surface area contributed by atoms with Crippen molar-refractivity contribution in [3.05, 3.63) is 70.6 Å². The highest BCUT2D eigenvalue weighted by Crippen LogP contribution is 2.59. The van der Waals surface area contributed by atoms with E-state index in [0.717, 1.165) is 0 Å². The Labute approximate surface area is 224 Å². The van der Waals surface area contributed by atoms with Crippen molar-refractivity contribution < 1.29 is 28.6 Å². The maximum Gasteiger partial charge on any atom is 0.413 e. The van der Waals surface area contributed by atoms with Crippen molar-refractivity contribution in [2.75, 3.05) is 11.9 Å². The van der Waals surface area contributed by atoms with E-state index in [4.69, 9.17) is 21.1 Å². The van der Waals surface area contributed by atoms with Crippen LogP contribution in [0.2, 0.25) is 5.02 Å². The number of halogens is 2. The Kier molecular flexibility index (Phi) is 6.69. The molecule has 2 fully saturated rings. The van der Waals surface area contributed by atoms with Gasteiger partial charge in [0, 0.05) is 28.6 Å². The summed E-state index contributed by atoms with van der Waals surface area (Å²) in [6.45, 7) is 3.92. The maximum absolute atomic E-state index is 15.5. The lowest BCUT2D eigenvalue weighted by Gasteiger charge is -2.37. The van der Waals surface area contributed by atoms with Crippen molar-refractivity contribution in [1.82, 2.24) is 9.78 Å². The van der Waals surface area contributed by atoms with Gasteiger partial charge >= 0.3 is 12.1 Å². The lowest BCUT2D eigenvalue weighted by atomic mass is 9.76. The minimum atomic E-state index is -0.880. The highest BCUT2D eigenvalue weighted by atomic mass is 35.5. The van der Waals surface area contributed by atoms with Crippen molar-refractivity contribution in [1.29, 1.82) is 0 Å². The van der Waals surface area contributed by atoms with Gasteiger partial charge in [-0.2, -0.15) is 5.10 Å². The average Bonchev–Trinajstić information content (AvgIpc) is 3.42. The van der Waals surface area contributed by atoms with Gasteiger partial charge in [0.15, 0.2) is 0 Å². The standard InChI is InChI=1S/C28H29ClFN3O5/c1-16(19-6-4-5-7-22(19)29)38-26(36)32-25-20(14-31-33(25)3)17-8-9-21(23(30)10-17)27(2)11-18-12-28(18,37-15-27)13-24(34)35/h4-10,14,16,18H,11-13,15H2,1-3H3,(H,32,36)(H,34,35)/t16-,18?,27?,28?/m1/s1. The number of aryl methyl sites for hydroxylation is 1. The zero-order valence-corrected chi connectivity index (χ0v) is 22.1. The molecule has 38 heavy (non-hydrogen) atoms. The molecule has 1 aliphatic heterocycles. The lowest BCUT2D eigenvalue weighted by Crippen LogP contribution is -2.40. The smallest absolute Gasteiger partial charge is 0.413 e. The number of hydrogen-bond acceptors (Lipinski definition) is 5. The number of carboxylic acids is 1. The number of nitrogens with zero attached hydrogens (tertiary/aromatic N) is 2. The van der Waals surface area contributed by atoms with Crippen molar-refractivity contribution in [2.45, 2.75) is 50.2 Å². The maximum atomic E-state index is 15.5. The number of ether oxygens (including phenoxy) is 2. The summed E-state index contributed by atoms with van der Waals surface area (Å²) in [5.41, 5.74) is 1.10. The molecule has 0 radical (unpaired) electrons. The number of fused-ring (bicyclic) bond motifs is 1. The second-order valence-electron chi connectivity index (χ2n) is 10.5. The van der Waals surface area contributed by atoms with E-state index in [2.05, 4.69) is 10.4 Å². The molecule has 1 aromatic heterocycles. The van der Waals surface area contributed by atoms with Crippen LogP contribution >= 0.6 is 11.6 Å². The first kappa shape index (κ1) is 26.2. The molecular weight excluding hydrogens is 513 g/mol. The summed E-state index contributed by atoms with van der Waals surface area (Å²) in [4.78, 5) is 23.9. The lowest BCUT2D eigenvalue weighted by molar-refractivity contribution is -0.143. The van der Waals surface area contributed by atoms with Crippen LogP contribution in [0.1, 0.15) is 50.3 Å². The van der Waals surface area contributed by atoms with E-state index >= 15 is 4.39 Å². The first-order chi connectivity index (χ1) is 18.0. The summed E-state index contributed by atoms with van der Waals surface area (Å²) in [7, 11) is 1.67. The van der Waals surface area contributed by atoms with Crippen LogP contribution in [0.3, 0.4) is 0 Å². The fourth-order valence-corrected chi connectivity index (χ4v) is 5.82. The fourth-order valence-electron chi connectivity index (χ4n) is 5.53. The molecule has 1 amide bonds. The Morgan fingerprint density at radius 1 is 1.32 bits per heavy atom. The number of rotatable bonds is 7. The fraction of sp³-hybridized carbons (Fsp3) is 0.393. The number of nitrogens with one attached hydrogen (secondary N) is 1. The van der Waals surface area contributed by atoms with Crippen LogP contribution in [0.4, 0.5) is 15.0 Å². The third-order valence-electron chi connectivity index (χ3n) is 7.72. The summed E-state index contributed by atoms with van der Waals surface area (Å²) >= 11 is 6.21. The molecule has 2 N–H and O–H groups in total. The van der Waals surface area contributed by atoms with Crippen LogP contribution in [0.15, 0.2) is 48.7 Å². The van der Waals surface area contributed by atoms with Gasteiger partial charge in [-0.15, -0.1) is 0 Å². The highest BCUT2D eigenvalue weighted by molar-refractivity contribution is 6.31. The van der Waals surface area contributed by atoms with E-state index in [-0.39, 0.29) is 18.9 Å². The van der Waals surface area contributed by atoms with Crippen molar-refractivity contribution in [3.63, 3.8) is 0 Å². The molecular formula is C28H29ClFN3O5. The van der Waals surface area contributed by atoms with Gasteiger partial charge < -0.3 is 14.6 Å². The quantitative estimate of drug-likeness (QED) is 0.374. The molecule has 5 rings (SSSR count). The SMILES string of the molecule is C[C@@H](OC(=O)Nc1c(-c2ccc(C3(C)COC4(CC(=O)O)CC4C3)c(F)c2)cnn1C)c1ccccc1Cl. The van der Waals surface area contributed by atoms with Crippen LogP contribution in [-0.4, -0.2) is 39.2 Å². The molecule has 3 unspecified atom stereocenters. The Morgan fingerprint density at radius 2 is 2.08 bits per heavy atom. The van der Waals surface area contributed by atoms with Crippen molar-refractivity contribution in [3.8, 4) is 11.1 Å². The Hall–Kier alpha value is -3.43. The molecule has 200 valence electrons. The van der Waals surface area contributed by atoms with Gasteiger partial charge in [-0.25, -0.2) is 9.18 Å². The summed E-state index contributed by atoms with van der Waals surface area (Å²) in [5, 5.41) is 16.6. The number of anilines is 1. The summed E-state index contributed by atoms with van der Waals surface area (Å²) in [5.74, 6) is -0.818. The molecule has 8 nitrogen and oxygen atoms in total. The number of benzene rings is 2. The molecule has 1 saturated heterocycles. The minimum absolute atomic E-state index is 0.0223. The van der Waals surface area contributed by atoms with Crippen LogP contribution in [0, 0.1) is 11.7 Å². The van der Waals surface area contributed by atoms with E-state index < -0.39 is 35.0 Å². The largest absolute Gasteiger partial charge is 0.481 e. The molecule has 4 atom stereocenters. The summed E-state index contributed by atoms with van der Waals surface area (Å²) in [6, 6.07) is 12.1. The van der Waals surface area contributed by atoms with E-state index in [9.17, 15) is 14.7 Å². The molecule has 0 bridgehead atoms. The van der Waals surface area contributed by atoms with Gasteiger partial charge in [-0.1, -0.05) is 48.9 Å². The van der Waals surface area contributed by atoms with Crippen LogP contribution in [0.25, 0.3) is 11.1 Å². The predicted molar refractivity (Wildman–Crippen MR) is 140 cm³/mol. The molecule has 2 heterocycles.